The Kier molecular flexibility index (Phi) is 5.68. The van der Waals surface area contributed by atoms with Gasteiger partial charge in [0.1, 0.15) is 23.7 Å². The summed E-state index contributed by atoms with van der Waals surface area (Å²) in [5, 5.41) is 11.6. The Morgan fingerprint density at radius 2 is 1.72 bits per heavy atom. The van der Waals surface area contributed by atoms with Gasteiger partial charge in [-0.1, -0.05) is 65.3 Å². The van der Waals surface area contributed by atoms with Crippen LogP contribution in [0.1, 0.15) is 11.3 Å². The molecular weight excluding hydrogens is 384 g/mol. The number of H-pyrrole nitrogens is 1. The van der Waals surface area contributed by atoms with E-state index in [1.165, 1.54) is 0 Å². The standard InChI is InChI=1S/C23H19ClN4O/c1-25-14-22-23(27-28-26-22)18-9-7-17(8-10-18)19-3-2-4-21(13-19)29-15-16-5-11-20(24)12-6-16/h2-14H,15H2,1H3,(H,26,27,28)/b25-14+. The van der Waals surface area contributed by atoms with Crippen molar-refractivity contribution in [2.75, 3.05) is 7.05 Å². The van der Waals surface area contributed by atoms with Gasteiger partial charge in [-0.15, -0.1) is 5.10 Å². The molecule has 0 fully saturated rings. The van der Waals surface area contributed by atoms with Crippen molar-refractivity contribution in [3.63, 3.8) is 0 Å². The summed E-state index contributed by atoms with van der Waals surface area (Å²) in [7, 11) is 1.72. The Hall–Kier alpha value is -3.44. The van der Waals surface area contributed by atoms with Gasteiger partial charge < -0.3 is 4.74 Å². The average Bonchev–Trinajstić information content (AvgIpc) is 3.22. The Labute approximate surface area is 174 Å². The van der Waals surface area contributed by atoms with E-state index in [2.05, 4.69) is 38.6 Å². The molecule has 144 valence electrons. The van der Waals surface area contributed by atoms with E-state index in [1.54, 1.807) is 13.3 Å². The van der Waals surface area contributed by atoms with E-state index in [0.29, 0.717) is 6.61 Å². The topological polar surface area (TPSA) is 63.2 Å². The number of nitrogens with one attached hydrogen (secondary N) is 1. The molecule has 4 rings (SSSR count). The summed E-state index contributed by atoms with van der Waals surface area (Å²) >= 11 is 5.93. The van der Waals surface area contributed by atoms with Crippen molar-refractivity contribution in [2.24, 2.45) is 4.99 Å². The van der Waals surface area contributed by atoms with Crippen LogP contribution in [-0.4, -0.2) is 28.7 Å². The summed E-state index contributed by atoms with van der Waals surface area (Å²) in [6, 6.07) is 23.9. The average molecular weight is 403 g/mol. The molecule has 0 amide bonds. The van der Waals surface area contributed by atoms with Gasteiger partial charge in [-0.25, -0.2) is 0 Å². The maximum absolute atomic E-state index is 5.94. The maximum Gasteiger partial charge on any atom is 0.121 e. The zero-order chi connectivity index (χ0) is 20.1. The van der Waals surface area contributed by atoms with Crippen LogP contribution in [-0.2, 0) is 6.61 Å². The third kappa shape index (κ3) is 4.52. The molecule has 5 nitrogen and oxygen atoms in total. The first-order valence-electron chi connectivity index (χ1n) is 9.14. The minimum Gasteiger partial charge on any atom is -0.489 e. The van der Waals surface area contributed by atoms with Crippen LogP contribution in [0.3, 0.4) is 0 Å². The molecular formula is C23H19ClN4O. The first-order valence-corrected chi connectivity index (χ1v) is 9.52. The normalized spacial score (nSPS) is 11.1. The van der Waals surface area contributed by atoms with Crippen LogP contribution in [0, 0.1) is 0 Å². The summed E-state index contributed by atoms with van der Waals surface area (Å²) < 4.78 is 5.94. The van der Waals surface area contributed by atoms with Crippen molar-refractivity contribution < 1.29 is 4.74 Å². The molecule has 1 heterocycles. The highest BCUT2D eigenvalue weighted by atomic mass is 35.5. The zero-order valence-corrected chi connectivity index (χ0v) is 16.6. The van der Waals surface area contributed by atoms with Crippen LogP contribution in [0.5, 0.6) is 5.75 Å². The lowest BCUT2D eigenvalue weighted by Crippen LogP contribution is -1.95. The summed E-state index contributed by atoms with van der Waals surface area (Å²) in [6.07, 6.45) is 1.71. The summed E-state index contributed by atoms with van der Waals surface area (Å²) in [6.45, 7) is 0.494. The Morgan fingerprint density at radius 1 is 0.966 bits per heavy atom. The Morgan fingerprint density at radius 3 is 2.48 bits per heavy atom. The molecule has 0 aliphatic rings. The lowest BCUT2D eigenvalue weighted by Gasteiger charge is -2.09. The van der Waals surface area contributed by atoms with E-state index >= 15 is 0 Å². The number of nitrogens with zero attached hydrogens (tertiary/aromatic N) is 3. The molecule has 0 spiro atoms. The van der Waals surface area contributed by atoms with E-state index in [9.17, 15) is 0 Å². The van der Waals surface area contributed by atoms with Crippen molar-refractivity contribution in [1.29, 1.82) is 0 Å². The highest BCUT2D eigenvalue weighted by Crippen LogP contribution is 2.27. The molecule has 0 unspecified atom stereocenters. The van der Waals surface area contributed by atoms with E-state index in [-0.39, 0.29) is 0 Å². The number of aromatic nitrogens is 3. The van der Waals surface area contributed by atoms with Gasteiger partial charge in [0.2, 0.25) is 0 Å². The number of hydrogen-bond acceptors (Lipinski definition) is 4. The second kappa shape index (κ2) is 8.71. The van der Waals surface area contributed by atoms with Gasteiger partial charge in [-0.3, -0.25) is 10.1 Å². The monoisotopic (exact) mass is 402 g/mol. The van der Waals surface area contributed by atoms with Crippen molar-refractivity contribution in [2.45, 2.75) is 6.61 Å². The number of ether oxygens (including phenoxy) is 1. The number of rotatable bonds is 6. The summed E-state index contributed by atoms with van der Waals surface area (Å²) in [5.74, 6) is 0.819. The minimum absolute atomic E-state index is 0.494. The first-order chi connectivity index (χ1) is 14.2. The predicted molar refractivity (Wildman–Crippen MR) is 117 cm³/mol. The van der Waals surface area contributed by atoms with E-state index < -0.39 is 0 Å². The molecule has 0 radical (unpaired) electrons. The molecule has 1 aromatic heterocycles. The molecule has 0 saturated carbocycles. The smallest absolute Gasteiger partial charge is 0.121 e. The molecule has 1 N–H and O–H groups in total. The van der Waals surface area contributed by atoms with Gasteiger partial charge in [0.25, 0.3) is 0 Å². The van der Waals surface area contributed by atoms with Crippen LogP contribution in [0.25, 0.3) is 22.4 Å². The lowest BCUT2D eigenvalue weighted by atomic mass is 10.0. The first kappa shape index (κ1) is 18.9. The van der Waals surface area contributed by atoms with Crippen molar-refractivity contribution in [3.05, 3.63) is 89.1 Å². The molecule has 0 aliphatic carbocycles. The van der Waals surface area contributed by atoms with Crippen molar-refractivity contribution in [3.8, 4) is 28.1 Å². The fourth-order valence-corrected chi connectivity index (χ4v) is 3.13. The summed E-state index contributed by atoms with van der Waals surface area (Å²) in [5.41, 5.74) is 5.80. The Balaban J connectivity index is 1.50. The van der Waals surface area contributed by atoms with Crippen LogP contribution >= 0.6 is 11.6 Å². The maximum atomic E-state index is 5.94. The largest absolute Gasteiger partial charge is 0.489 e. The number of aliphatic imine (C=N–C) groups is 1. The number of halogens is 1. The minimum atomic E-state index is 0.494. The van der Waals surface area contributed by atoms with Gasteiger partial charge >= 0.3 is 0 Å². The SMILES string of the molecule is C/N=C/c1[nH]nnc1-c1ccc(-c2cccc(OCc3ccc(Cl)cc3)c2)cc1. The van der Waals surface area contributed by atoms with Gasteiger partial charge in [0.15, 0.2) is 0 Å². The predicted octanol–water partition coefficient (Wildman–Crippen LogP) is 5.42. The second-order valence-corrected chi connectivity index (χ2v) is 6.92. The number of hydrogen-bond donors (Lipinski definition) is 1. The molecule has 0 saturated heterocycles. The zero-order valence-electron chi connectivity index (χ0n) is 15.8. The summed E-state index contributed by atoms with van der Waals surface area (Å²) in [4.78, 5) is 4.03. The fraction of sp³-hybridized carbons (Fsp3) is 0.0870. The third-order valence-corrected chi connectivity index (χ3v) is 4.73. The molecule has 0 bridgehead atoms. The molecule has 0 aliphatic heterocycles. The highest BCUT2D eigenvalue weighted by Gasteiger charge is 2.08. The Bertz CT molecular complexity index is 1120. The molecule has 29 heavy (non-hydrogen) atoms. The van der Waals surface area contributed by atoms with Crippen LogP contribution in [0.15, 0.2) is 77.8 Å². The number of aromatic amines is 1. The van der Waals surface area contributed by atoms with Crippen LogP contribution in [0.4, 0.5) is 0 Å². The molecule has 3 aromatic carbocycles. The molecule has 4 aromatic rings. The van der Waals surface area contributed by atoms with E-state index in [4.69, 9.17) is 16.3 Å². The highest BCUT2D eigenvalue weighted by molar-refractivity contribution is 6.30. The quantitative estimate of drug-likeness (QED) is 0.438. The van der Waals surface area contributed by atoms with Gasteiger partial charge in [0.05, 0.1) is 0 Å². The van der Waals surface area contributed by atoms with Crippen LogP contribution in [0.2, 0.25) is 5.02 Å². The van der Waals surface area contributed by atoms with Gasteiger partial charge in [-0.2, -0.15) is 0 Å². The molecule has 6 heteroatoms. The van der Waals surface area contributed by atoms with Crippen molar-refractivity contribution >= 4 is 17.8 Å². The molecule has 0 atom stereocenters. The van der Waals surface area contributed by atoms with Gasteiger partial charge in [0, 0.05) is 23.8 Å². The van der Waals surface area contributed by atoms with E-state index in [0.717, 1.165) is 44.4 Å². The van der Waals surface area contributed by atoms with Crippen molar-refractivity contribution in [1.82, 2.24) is 15.4 Å². The van der Waals surface area contributed by atoms with Gasteiger partial charge in [-0.05, 0) is 41.0 Å². The fourth-order valence-electron chi connectivity index (χ4n) is 3.00. The second-order valence-electron chi connectivity index (χ2n) is 6.48. The number of benzene rings is 3. The van der Waals surface area contributed by atoms with E-state index in [1.807, 2.05) is 54.6 Å². The van der Waals surface area contributed by atoms with Crippen LogP contribution < -0.4 is 4.74 Å². The lowest BCUT2D eigenvalue weighted by molar-refractivity contribution is 0.306. The third-order valence-electron chi connectivity index (χ3n) is 4.48.